The summed E-state index contributed by atoms with van der Waals surface area (Å²) in [5, 5.41) is 0.655. The van der Waals surface area contributed by atoms with Crippen LogP contribution >= 0.6 is 11.6 Å². The van der Waals surface area contributed by atoms with Gasteiger partial charge in [-0.3, -0.25) is 0 Å². The Balaban J connectivity index is 2.19. The van der Waals surface area contributed by atoms with E-state index in [1.54, 1.807) is 0 Å². The van der Waals surface area contributed by atoms with E-state index in [0.717, 1.165) is 24.3 Å². The number of nitrogens with two attached hydrogens (primary N) is 1. The molecular weight excluding hydrogens is 270 g/mol. The number of benzene rings is 1. The first kappa shape index (κ1) is 17.3. The smallest absolute Gasteiger partial charge is 0.137 e. The van der Waals surface area contributed by atoms with E-state index in [0.29, 0.717) is 5.02 Å². The highest BCUT2D eigenvalue weighted by atomic mass is 35.5. The summed E-state index contributed by atoms with van der Waals surface area (Å²) in [5.74, 6) is 0.766. The maximum Gasteiger partial charge on any atom is 0.137 e. The van der Waals surface area contributed by atoms with Crippen molar-refractivity contribution in [1.82, 2.24) is 0 Å². The Morgan fingerprint density at radius 3 is 2.35 bits per heavy atom. The highest BCUT2D eigenvalue weighted by Gasteiger charge is 2.05. The average molecular weight is 298 g/mol. The Morgan fingerprint density at radius 2 is 1.75 bits per heavy atom. The lowest BCUT2D eigenvalue weighted by Gasteiger charge is -2.11. The average Bonchev–Trinajstić information content (AvgIpc) is 2.43. The van der Waals surface area contributed by atoms with Gasteiger partial charge in [-0.2, -0.15) is 0 Å². The Labute approximate surface area is 128 Å². The first-order chi connectivity index (χ1) is 9.65. The van der Waals surface area contributed by atoms with Crippen molar-refractivity contribution in [3.05, 3.63) is 28.8 Å². The molecule has 0 aliphatic carbocycles. The van der Waals surface area contributed by atoms with E-state index in [2.05, 4.69) is 6.92 Å². The lowest BCUT2D eigenvalue weighted by atomic mass is 10.1. The fourth-order valence-corrected chi connectivity index (χ4v) is 2.40. The lowest BCUT2D eigenvalue weighted by molar-refractivity contribution is 0.304. The second kappa shape index (κ2) is 10.1. The third-order valence-corrected chi connectivity index (χ3v) is 3.78. The van der Waals surface area contributed by atoms with Gasteiger partial charge < -0.3 is 10.5 Å². The highest BCUT2D eigenvalue weighted by molar-refractivity contribution is 6.32. The molecule has 0 amide bonds. The SMILES string of the molecule is CCCCCCCCCOc1ccc(C(C)N)cc1Cl. The van der Waals surface area contributed by atoms with E-state index in [1.165, 1.54) is 38.5 Å². The second-order valence-corrected chi connectivity index (χ2v) is 5.86. The minimum absolute atomic E-state index is 0.00432. The zero-order valence-corrected chi connectivity index (χ0v) is 13.6. The molecule has 20 heavy (non-hydrogen) atoms. The second-order valence-electron chi connectivity index (χ2n) is 5.45. The lowest BCUT2D eigenvalue weighted by Crippen LogP contribution is -2.05. The number of unbranched alkanes of at least 4 members (excludes halogenated alkanes) is 6. The van der Waals surface area contributed by atoms with Crippen LogP contribution in [0.1, 0.15) is 70.4 Å². The number of halogens is 1. The molecule has 1 aromatic carbocycles. The van der Waals surface area contributed by atoms with Gasteiger partial charge in [-0.15, -0.1) is 0 Å². The van der Waals surface area contributed by atoms with Gasteiger partial charge in [-0.25, -0.2) is 0 Å². The minimum atomic E-state index is 0.00432. The Hall–Kier alpha value is -0.730. The molecule has 1 rings (SSSR count). The van der Waals surface area contributed by atoms with E-state index < -0.39 is 0 Å². The van der Waals surface area contributed by atoms with E-state index in [4.69, 9.17) is 22.1 Å². The van der Waals surface area contributed by atoms with Crippen LogP contribution in [0.2, 0.25) is 5.02 Å². The van der Waals surface area contributed by atoms with Gasteiger partial charge in [0.2, 0.25) is 0 Å². The molecule has 0 fully saturated rings. The third kappa shape index (κ3) is 6.62. The molecule has 2 N–H and O–H groups in total. The summed E-state index contributed by atoms with van der Waals surface area (Å²) in [5.41, 5.74) is 6.86. The quantitative estimate of drug-likeness (QED) is 0.580. The van der Waals surface area contributed by atoms with Crippen LogP contribution in [0, 0.1) is 0 Å². The van der Waals surface area contributed by atoms with Crippen LogP contribution in [0.25, 0.3) is 0 Å². The molecule has 0 radical (unpaired) electrons. The molecule has 1 aromatic rings. The number of rotatable bonds is 10. The molecule has 0 spiro atoms. The van der Waals surface area contributed by atoms with Crippen molar-refractivity contribution in [3.8, 4) is 5.75 Å². The summed E-state index contributed by atoms with van der Waals surface area (Å²) in [4.78, 5) is 0. The summed E-state index contributed by atoms with van der Waals surface area (Å²) in [6.45, 7) is 4.93. The van der Waals surface area contributed by atoms with Gasteiger partial charge in [0.15, 0.2) is 0 Å². The first-order valence-electron chi connectivity index (χ1n) is 7.83. The summed E-state index contributed by atoms with van der Waals surface area (Å²) < 4.78 is 5.73. The normalized spacial score (nSPS) is 12.4. The number of hydrogen-bond acceptors (Lipinski definition) is 2. The number of hydrogen-bond donors (Lipinski definition) is 1. The van der Waals surface area contributed by atoms with Crippen LogP contribution in [-0.2, 0) is 0 Å². The maximum absolute atomic E-state index is 6.19. The summed E-state index contributed by atoms with van der Waals surface area (Å²) in [6, 6.07) is 5.80. The van der Waals surface area contributed by atoms with Gasteiger partial charge in [0.1, 0.15) is 5.75 Å². The molecule has 114 valence electrons. The van der Waals surface area contributed by atoms with Gasteiger partial charge in [0, 0.05) is 6.04 Å². The van der Waals surface area contributed by atoms with Crippen molar-refractivity contribution in [2.45, 2.75) is 64.8 Å². The van der Waals surface area contributed by atoms with Crippen LogP contribution < -0.4 is 10.5 Å². The van der Waals surface area contributed by atoms with Gasteiger partial charge in [-0.1, -0.05) is 63.1 Å². The van der Waals surface area contributed by atoms with Crippen molar-refractivity contribution in [1.29, 1.82) is 0 Å². The van der Waals surface area contributed by atoms with Gasteiger partial charge in [-0.05, 0) is 31.0 Å². The molecule has 0 heterocycles. The predicted octanol–water partition coefficient (Wildman–Crippen LogP) is 5.49. The van der Waals surface area contributed by atoms with Crippen LogP contribution in [0.15, 0.2) is 18.2 Å². The van der Waals surface area contributed by atoms with Crippen LogP contribution in [0.5, 0.6) is 5.75 Å². The standard InChI is InChI=1S/C17H28ClNO/c1-3-4-5-6-7-8-9-12-20-17-11-10-15(14(2)19)13-16(17)18/h10-11,13-14H,3-9,12,19H2,1-2H3. The molecular formula is C17H28ClNO. The van der Waals surface area contributed by atoms with E-state index in [9.17, 15) is 0 Å². The van der Waals surface area contributed by atoms with Crippen LogP contribution in [-0.4, -0.2) is 6.61 Å². The Bertz CT molecular complexity index is 379. The molecule has 0 aliphatic heterocycles. The van der Waals surface area contributed by atoms with E-state index >= 15 is 0 Å². The molecule has 3 heteroatoms. The number of ether oxygens (including phenoxy) is 1. The topological polar surface area (TPSA) is 35.2 Å². The molecule has 0 saturated heterocycles. The Kier molecular flexibility index (Phi) is 8.72. The van der Waals surface area contributed by atoms with Crippen molar-refractivity contribution in [3.63, 3.8) is 0 Å². The van der Waals surface area contributed by atoms with Crippen molar-refractivity contribution in [2.24, 2.45) is 5.73 Å². The molecule has 1 atom stereocenters. The monoisotopic (exact) mass is 297 g/mol. The summed E-state index contributed by atoms with van der Waals surface area (Å²) >= 11 is 6.19. The molecule has 0 saturated carbocycles. The van der Waals surface area contributed by atoms with Crippen LogP contribution in [0.3, 0.4) is 0 Å². The van der Waals surface area contributed by atoms with Crippen molar-refractivity contribution >= 4 is 11.6 Å². The summed E-state index contributed by atoms with van der Waals surface area (Å²) in [6.07, 6.45) is 9.01. The third-order valence-electron chi connectivity index (χ3n) is 3.49. The Morgan fingerprint density at radius 1 is 1.10 bits per heavy atom. The maximum atomic E-state index is 6.19. The first-order valence-corrected chi connectivity index (χ1v) is 8.20. The van der Waals surface area contributed by atoms with Gasteiger partial charge in [0.25, 0.3) is 0 Å². The van der Waals surface area contributed by atoms with E-state index in [1.807, 2.05) is 25.1 Å². The van der Waals surface area contributed by atoms with Crippen LogP contribution in [0.4, 0.5) is 0 Å². The zero-order valence-electron chi connectivity index (χ0n) is 12.8. The predicted molar refractivity (Wildman–Crippen MR) is 87.5 cm³/mol. The fraction of sp³-hybridized carbons (Fsp3) is 0.647. The van der Waals surface area contributed by atoms with Gasteiger partial charge in [0.05, 0.1) is 11.6 Å². The summed E-state index contributed by atoms with van der Waals surface area (Å²) in [7, 11) is 0. The fourth-order valence-electron chi connectivity index (χ4n) is 2.16. The molecule has 0 aliphatic rings. The zero-order chi connectivity index (χ0) is 14.8. The molecule has 1 unspecified atom stereocenters. The highest BCUT2D eigenvalue weighted by Crippen LogP contribution is 2.27. The van der Waals surface area contributed by atoms with Crippen molar-refractivity contribution < 1.29 is 4.74 Å². The van der Waals surface area contributed by atoms with Gasteiger partial charge >= 0.3 is 0 Å². The largest absolute Gasteiger partial charge is 0.492 e. The molecule has 0 bridgehead atoms. The van der Waals surface area contributed by atoms with E-state index in [-0.39, 0.29) is 6.04 Å². The minimum Gasteiger partial charge on any atom is -0.492 e. The van der Waals surface area contributed by atoms with Crippen molar-refractivity contribution in [2.75, 3.05) is 6.61 Å². The molecule has 0 aromatic heterocycles. The molecule has 2 nitrogen and oxygen atoms in total.